The Kier molecular flexibility index (Phi) is 5.74. The van der Waals surface area contributed by atoms with E-state index in [1.807, 2.05) is 54.7 Å². The fourth-order valence-electron chi connectivity index (χ4n) is 2.96. The second-order valence-electron chi connectivity index (χ2n) is 6.42. The number of hydrogen-bond acceptors (Lipinski definition) is 4. The van der Waals surface area contributed by atoms with Crippen molar-refractivity contribution in [2.24, 2.45) is 0 Å². The van der Waals surface area contributed by atoms with Crippen LogP contribution in [0.2, 0.25) is 5.02 Å². The quantitative estimate of drug-likeness (QED) is 0.382. The Labute approximate surface area is 173 Å². The summed E-state index contributed by atoms with van der Waals surface area (Å²) in [5.41, 5.74) is 3.35. The first-order valence-electron chi connectivity index (χ1n) is 9.01. The lowest BCUT2D eigenvalue weighted by Crippen LogP contribution is -2.04. The van der Waals surface area contributed by atoms with Gasteiger partial charge in [0.2, 0.25) is 0 Å². The van der Waals surface area contributed by atoms with Crippen LogP contribution in [0.15, 0.2) is 84.3 Å². The molecule has 0 N–H and O–H groups in total. The van der Waals surface area contributed by atoms with Crippen LogP contribution in [0.3, 0.4) is 0 Å². The van der Waals surface area contributed by atoms with Crippen LogP contribution in [0.1, 0.15) is 29.1 Å². The van der Waals surface area contributed by atoms with E-state index in [4.69, 9.17) is 11.6 Å². The van der Waals surface area contributed by atoms with E-state index in [0.29, 0.717) is 11.4 Å². The van der Waals surface area contributed by atoms with Crippen molar-refractivity contribution in [2.45, 2.75) is 23.8 Å². The molecule has 0 aliphatic carbocycles. The lowest BCUT2D eigenvalue weighted by atomic mass is 10.1. The SMILES string of the molecule is CC(Sc1nnc(Cc2ccccc2)n1-c1ccc(Cl)cc1)c1cccnc1. The van der Waals surface area contributed by atoms with Gasteiger partial charge < -0.3 is 0 Å². The van der Waals surface area contributed by atoms with Crippen molar-refractivity contribution in [3.63, 3.8) is 0 Å². The van der Waals surface area contributed by atoms with Gasteiger partial charge in [-0.1, -0.05) is 59.8 Å². The van der Waals surface area contributed by atoms with E-state index >= 15 is 0 Å². The van der Waals surface area contributed by atoms with Crippen LogP contribution in [0, 0.1) is 0 Å². The van der Waals surface area contributed by atoms with Crippen molar-refractivity contribution in [1.82, 2.24) is 19.7 Å². The minimum atomic E-state index is 0.202. The van der Waals surface area contributed by atoms with Crippen molar-refractivity contribution in [1.29, 1.82) is 0 Å². The molecule has 1 unspecified atom stereocenters. The molecule has 1 atom stereocenters. The Morgan fingerprint density at radius 1 is 0.964 bits per heavy atom. The van der Waals surface area contributed by atoms with Gasteiger partial charge in [-0.05, 0) is 48.4 Å². The summed E-state index contributed by atoms with van der Waals surface area (Å²) in [5.74, 6) is 0.898. The molecular formula is C22H19ClN4S. The van der Waals surface area contributed by atoms with Crippen LogP contribution < -0.4 is 0 Å². The van der Waals surface area contributed by atoms with Crippen LogP contribution in [-0.2, 0) is 6.42 Å². The molecule has 4 aromatic rings. The summed E-state index contributed by atoms with van der Waals surface area (Å²) in [6.07, 6.45) is 4.39. The first-order chi connectivity index (χ1) is 13.7. The maximum absolute atomic E-state index is 6.09. The zero-order chi connectivity index (χ0) is 19.3. The summed E-state index contributed by atoms with van der Waals surface area (Å²) in [5, 5.41) is 10.8. The first kappa shape index (κ1) is 18.7. The fraction of sp³-hybridized carbons (Fsp3) is 0.136. The van der Waals surface area contributed by atoms with E-state index in [1.54, 1.807) is 18.0 Å². The number of pyridine rings is 1. The Morgan fingerprint density at radius 2 is 1.75 bits per heavy atom. The average molecular weight is 407 g/mol. The number of aromatic nitrogens is 4. The Balaban J connectivity index is 1.70. The van der Waals surface area contributed by atoms with Gasteiger partial charge in [0.1, 0.15) is 5.82 Å². The zero-order valence-electron chi connectivity index (χ0n) is 15.4. The van der Waals surface area contributed by atoms with Gasteiger partial charge in [0.05, 0.1) is 0 Å². The van der Waals surface area contributed by atoms with Crippen LogP contribution in [-0.4, -0.2) is 19.7 Å². The minimum absolute atomic E-state index is 0.202. The maximum Gasteiger partial charge on any atom is 0.196 e. The van der Waals surface area contributed by atoms with E-state index < -0.39 is 0 Å². The van der Waals surface area contributed by atoms with E-state index in [-0.39, 0.29) is 5.25 Å². The van der Waals surface area contributed by atoms with Crippen LogP contribution in [0.4, 0.5) is 0 Å². The normalized spacial score (nSPS) is 12.1. The average Bonchev–Trinajstić information content (AvgIpc) is 3.12. The van der Waals surface area contributed by atoms with Crippen molar-refractivity contribution in [2.75, 3.05) is 0 Å². The monoisotopic (exact) mass is 406 g/mol. The van der Waals surface area contributed by atoms with Crippen LogP contribution in [0.25, 0.3) is 5.69 Å². The number of benzene rings is 2. The van der Waals surface area contributed by atoms with Gasteiger partial charge in [0, 0.05) is 34.8 Å². The fourth-order valence-corrected chi connectivity index (χ4v) is 4.08. The largest absolute Gasteiger partial charge is 0.274 e. The van der Waals surface area contributed by atoms with E-state index in [1.165, 1.54) is 5.56 Å². The van der Waals surface area contributed by atoms with Crippen molar-refractivity contribution in [3.05, 3.63) is 101 Å². The van der Waals surface area contributed by atoms with Gasteiger partial charge in [-0.3, -0.25) is 9.55 Å². The molecule has 28 heavy (non-hydrogen) atoms. The number of halogens is 1. The van der Waals surface area contributed by atoms with Crippen LogP contribution in [0.5, 0.6) is 0 Å². The molecule has 0 saturated heterocycles. The second kappa shape index (κ2) is 8.59. The van der Waals surface area contributed by atoms with E-state index in [9.17, 15) is 0 Å². The highest BCUT2D eigenvalue weighted by atomic mass is 35.5. The smallest absolute Gasteiger partial charge is 0.196 e. The van der Waals surface area contributed by atoms with Crippen LogP contribution >= 0.6 is 23.4 Å². The Bertz CT molecular complexity index is 1030. The first-order valence-corrected chi connectivity index (χ1v) is 10.3. The highest BCUT2D eigenvalue weighted by Gasteiger charge is 2.18. The van der Waals surface area contributed by atoms with Crippen molar-refractivity contribution in [3.8, 4) is 5.69 Å². The van der Waals surface area contributed by atoms with E-state index in [0.717, 1.165) is 22.2 Å². The Morgan fingerprint density at radius 3 is 2.46 bits per heavy atom. The molecule has 0 radical (unpaired) electrons. The third-order valence-electron chi connectivity index (χ3n) is 4.43. The molecule has 0 bridgehead atoms. The van der Waals surface area contributed by atoms with Gasteiger partial charge in [-0.25, -0.2) is 0 Å². The highest BCUT2D eigenvalue weighted by Crippen LogP contribution is 2.35. The molecule has 2 heterocycles. The van der Waals surface area contributed by atoms with Gasteiger partial charge in [-0.2, -0.15) is 0 Å². The molecule has 2 aromatic carbocycles. The summed E-state index contributed by atoms with van der Waals surface area (Å²) in [6.45, 7) is 2.15. The standard InChI is InChI=1S/C22H19ClN4S/c1-16(18-8-5-13-24-15-18)28-22-26-25-21(14-17-6-3-2-4-7-17)27(22)20-11-9-19(23)10-12-20/h2-13,15-16H,14H2,1H3. The molecule has 140 valence electrons. The second-order valence-corrected chi connectivity index (χ2v) is 8.16. The van der Waals surface area contributed by atoms with Gasteiger partial charge in [-0.15, -0.1) is 10.2 Å². The van der Waals surface area contributed by atoms with E-state index in [2.05, 4.69) is 44.9 Å². The summed E-state index contributed by atoms with van der Waals surface area (Å²) in [4.78, 5) is 4.23. The lowest BCUT2D eigenvalue weighted by molar-refractivity contribution is 0.843. The summed E-state index contributed by atoms with van der Waals surface area (Å²) >= 11 is 7.76. The number of hydrogen-bond donors (Lipinski definition) is 0. The Hall–Kier alpha value is -2.63. The summed E-state index contributed by atoms with van der Waals surface area (Å²) in [6, 6.07) is 22.1. The van der Waals surface area contributed by atoms with Crippen molar-refractivity contribution < 1.29 is 0 Å². The molecular weight excluding hydrogens is 388 g/mol. The molecule has 4 nitrogen and oxygen atoms in total. The summed E-state index contributed by atoms with van der Waals surface area (Å²) in [7, 11) is 0. The lowest BCUT2D eigenvalue weighted by Gasteiger charge is -2.14. The minimum Gasteiger partial charge on any atom is -0.274 e. The summed E-state index contributed by atoms with van der Waals surface area (Å²) < 4.78 is 2.11. The van der Waals surface area contributed by atoms with Gasteiger partial charge in [0.15, 0.2) is 5.16 Å². The van der Waals surface area contributed by atoms with Gasteiger partial charge >= 0.3 is 0 Å². The number of thioether (sulfide) groups is 1. The van der Waals surface area contributed by atoms with Crippen molar-refractivity contribution >= 4 is 23.4 Å². The third-order valence-corrected chi connectivity index (χ3v) is 5.78. The molecule has 0 saturated carbocycles. The molecule has 0 aliphatic rings. The zero-order valence-corrected chi connectivity index (χ0v) is 16.9. The molecule has 2 aromatic heterocycles. The molecule has 0 fully saturated rings. The topological polar surface area (TPSA) is 43.6 Å². The molecule has 0 aliphatic heterocycles. The number of rotatable bonds is 6. The molecule has 4 rings (SSSR count). The van der Waals surface area contributed by atoms with Gasteiger partial charge in [0.25, 0.3) is 0 Å². The molecule has 6 heteroatoms. The molecule has 0 spiro atoms. The highest BCUT2D eigenvalue weighted by molar-refractivity contribution is 7.99. The maximum atomic E-state index is 6.09. The predicted molar refractivity (Wildman–Crippen MR) is 114 cm³/mol. The number of nitrogens with zero attached hydrogens (tertiary/aromatic N) is 4. The predicted octanol–water partition coefficient (Wildman–Crippen LogP) is 5.76. The molecule has 0 amide bonds. The third kappa shape index (κ3) is 4.26.